The van der Waals surface area contributed by atoms with Crippen molar-refractivity contribution in [3.05, 3.63) is 60.2 Å². The molecule has 2 rings (SSSR count). The van der Waals surface area contributed by atoms with Gasteiger partial charge in [-0.05, 0) is 48.8 Å². The fraction of sp³-hybridized carbons (Fsp3) is 0.318. The minimum atomic E-state index is -4.56. The van der Waals surface area contributed by atoms with E-state index in [0.717, 1.165) is 18.2 Å². The second-order valence-electron chi connectivity index (χ2n) is 6.74. The van der Waals surface area contributed by atoms with Crippen LogP contribution in [0.15, 0.2) is 54.6 Å². The molecule has 0 saturated carbocycles. The van der Waals surface area contributed by atoms with E-state index in [0.29, 0.717) is 11.5 Å². The van der Waals surface area contributed by atoms with Crippen molar-refractivity contribution in [3.8, 4) is 5.75 Å². The second kappa shape index (κ2) is 12.7. The van der Waals surface area contributed by atoms with E-state index in [1.165, 1.54) is 17.8 Å². The van der Waals surface area contributed by atoms with Gasteiger partial charge < -0.3 is 20.1 Å². The Bertz CT molecular complexity index is 941. The quantitative estimate of drug-likeness (QED) is 0.474. The molecule has 0 unspecified atom stereocenters. The minimum Gasteiger partial charge on any atom is -0.484 e. The number of hydrogen-bond acceptors (Lipinski definition) is 6. The van der Waals surface area contributed by atoms with Crippen molar-refractivity contribution in [1.82, 2.24) is 5.32 Å². The van der Waals surface area contributed by atoms with Gasteiger partial charge in [-0.15, -0.1) is 0 Å². The number of thioether (sulfide) groups is 1. The van der Waals surface area contributed by atoms with E-state index in [9.17, 15) is 27.6 Å². The highest BCUT2D eigenvalue weighted by Gasteiger charge is 2.30. The molecular weight excluding hydrogens is 461 g/mol. The van der Waals surface area contributed by atoms with E-state index in [-0.39, 0.29) is 18.7 Å². The molecule has 2 aromatic rings. The van der Waals surface area contributed by atoms with Crippen LogP contribution in [0.4, 0.5) is 18.9 Å². The Balaban J connectivity index is 1.86. The number of amides is 2. The number of nitrogens with one attached hydrogen (secondary N) is 2. The Morgan fingerprint density at radius 2 is 1.73 bits per heavy atom. The Hall–Kier alpha value is -3.21. The lowest BCUT2D eigenvalue weighted by Crippen LogP contribution is -2.44. The Morgan fingerprint density at radius 1 is 1.00 bits per heavy atom. The van der Waals surface area contributed by atoms with Crippen molar-refractivity contribution in [3.63, 3.8) is 0 Å². The minimum absolute atomic E-state index is 0.0869. The van der Waals surface area contributed by atoms with Crippen LogP contribution in [0.3, 0.4) is 0 Å². The number of anilines is 1. The van der Waals surface area contributed by atoms with Crippen molar-refractivity contribution in [2.75, 3.05) is 30.5 Å². The van der Waals surface area contributed by atoms with E-state index in [2.05, 4.69) is 10.6 Å². The van der Waals surface area contributed by atoms with Gasteiger partial charge in [-0.25, -0.2) is 4.79 Å². The number of alkyl halides is 3. The zero-order chi connectivity index (χ0) is 24.3. The number of halogens is 3. The summed E-state index contributed by atoms with van der Waals surface area (Å²) in [6, 6.07) is 11.7. The van der Waals surface area contributed by atoms with Gasteiger partial charge in [-0.2, -0.15) is 24.9 Å². The van der Waals surface area contributed by atoms with Gasteiger partial charge >= 0.3 is 12.1 Å². The van der Waals surface area contributed by atoms with Crippen LogP contribution in [0, 0.1) is 0 Å². The molecule has 0 aliphatic carbocycles. The van der Waals surface area contributed by atoms with Crippen LogP contribution in [0.5, 0.6) is 5.75 Å². The van der Waals surface area contributed by atoms with E-state index >= 15 is 0 Å². The molecule has 0 aliphatic rings. The molecule has 0 saturated heterocycles. The standard InChI is InChI=1S/C22H23F3N2O5S/c1-33-11-10-18(27-20(29)13-31-17-8-3-2-4-9-17)21(30)32-14-19(28)26-16-7-5-6-15(12-16)22(23,24)25/h2-9,12,18H,10-11,13-14H2,1H3,(H,26,28)(H,27,29)/t18-/m0/s1. The number of hydrogen-bond donors (Lipinski definition) is 2. The van der Waals surface area contributed by atoms with E-state index in [4.69, 9.17) is 9.47 Å². The lowest BCUT2D eigenvalue weighted by molar-refractivity contribution is -0.150. The molecule has 2 N–H and O–H groups in total. The van der Waals surface area contributed by atoms with Crippen molar-refractivity contribution in [2.24, 2.45) is 0 Å². The lowest BCUT2D eigenvalue weighted by atomic mass is 10.2. The number of carbonyl (C=O) groups is 3. The largest absolute Gasteiger partial charge is 0.484 e. The Kier molecular flexibility index (Phi) is 10.0. The van der Waals surface area contributed by atoms with E-state index in [1.54, 1.807) is 30.3 Å². The summed E-state index contributed by atoms with van der Waals surface area (Å²) in [6.07, 6.45) is -2.47. The van der Waals surface area contributed by atoms with Crippen LogP contribution in [-0.4, -0.2) is 49.0 Å². The summed E-state index contributed by atoms with van der Waals surface area (Å²) in [5, 5.41) is 4.75. The summed E-state index contributed by atoms with van der Waals surface area (Å²) in [6.45, 7) is -1.04. The van der Waals surface area contributed by atoms with E-state index < -0.39 is 42.2 Å². The van der Waals surface area contributed by atoms with Crippen molar-refractivity contribution >= 4 is 35.2 Å². The molecule has 11 heteroatoms. The first-order valence-corrected chi connectivity index (χ1v) is 11.2. The molecule has 33 heavy (non-hydrogen) atoms. The van der Waals surface area contributed by atoms with Gasteiger partial charge in [0.25, 0.3) is 11.8 Å². The molecule has 0 fully saturated rings. The molecule has 178 valence electrons. The molecule has 0 heterocycles. The van der Waals surface area contributed by atoms with Gasteiger partial charge in [0.2, 0.25) is 0 Å². The number of esters is 1. The van der Waals surface area contributed by atoms with Gasteiger partial charge in [-0.3, -0.25) is 9.59 Å². The predicted octanol–water partition coefficient (Wildman–Crippen LogP) is 3.50. The zero-order valence-corrected chi connectivity index (χ0v) is 18.5. The highest BCUT2D eigenvalue weighted by molar-refractivity contribution is 7.98. The maximum absolute atomic E-state index is 12.8. The molecule has 2 amide bonds. The maximum atomic E-state index is 12.8. The number of rotatable bonds is 11. The van der Waals surface area contributed by atoms with Gasteiger partial charge in [-0.1, -0.05) is 24.3 Å². The number of carbonyl (C=O) groups excluding carboxylic acids is 3. The highest BCUT2D eigenvalue weighted by atomic mass is 32.2. The SMILES string of the molecule is CSCC[C@H](NC(=O)COc1ccccc1)C(=O)OCC(=O)Nc1cccc(C(F)(F)F)c1. The fourth-order valence-corrected chi connectivity index (χ4v) is 3.07. The monoisotopic (exact) mass is 484 g/mol. The first-order valence-electron chi connectivity index (χ1n) is 9.79. The van der Waals surface area contributed by atoms with E-state index in [1.807, 2.05) is 6.26 Å². The smallest absolute Gasteiger partial charge is 0.416 e. The Labute approximate surface area is 193 Å². The van der Waals surface area contributed by atoms with Crippen molar-refractivity contribution in [1.29, 1.82) is 0 Å². The summed E-state index contributed by atoms with van der Waals surface area (Å²) < 4.78 is 48.6. The predicted molar refractivity (Wildman–Crippen MR) is 118 cm³/mol. The maximum Gasteiger partial charge on any atom is 0.416 e. The fourth-order valence-electron chi connectivity index (χ4n) is 2.59. The molecule has 2 aromatic carbocycles. The van der Waals surface area contributed by atoms with Crippen LogP contribution < -0.4 is 15.4 Å². The van der Waals surface area contributed by atoms with Crippen LogP contribution in [0.2, 0.25) is 0 Å². The number of ether oxygens (including phenoxy) is 2. The zero-order valence-electron chi connectivity index (χ0n) is 17.7. The molecule has 0 aliphatic heterocycles. The summed E-state index contributed by atoms with van der Waals surface area (Å²) in [5.74, 6) is -1.17. The molecule has 0 radical (unpaired) electrons. The highest BCUT2D eigenvalue weighted by Crippen LogP contribution is 2.30. The average molecular weight is 484 g/mol. The van der Waals surface area contributed by atoms with Gasteiger partial charge in [0.1, 0.15) is 11.8 Å². The Morgan fingerprint density at radius 3 is 2.39 bits per heavy atom. The summed E-state index contributed by atoms with van der Waals surface area (Å²) >= 11 is 1.45. The topological polar surface area (TPSA) is 93.7 Å². The summed E-state index contributed by atoms with van der Waals surface area (Å²) in [5.41, 5.74) is -1.01. The third kappa shape index (κ3) is 9.44. The second-order valence-corrected chi connectivity index (χ2v) is 7.72. The van der Waals surface area contributed by atoms with Crippen LogP contribution in [0.25, 0.3) is 0 Å². The molecule has 0 spiro atoms. The lowest BCUT2D eigenvalue weighted by Gasteiger charge is -2.17. The average Bonchev–Trinajstić information content (AvgIpc) is 2.79. The molecule has 7 nitrogen and oxygen atoms in total. The summed E-state index contributed by atoms with van der Waals surface area (Å²) in [4.78, 5) is 36.6. The molecule has 1 atom stereocenters. The van der Waals surface area contributed by atoms with Crippen LogP contribution >= 0.6 is 11.8 Å². The first kappa shape index (κ1) is 26.0. The number of para-hydroxylation sites is 1. The normalized spacial score (nSPS) is 11.9. The third-order valence-electron chi connectivity index (χ3n) is 4.16. The van der Waals surface area contributed by atoms with Crippen molar-refractivity contribution in [2.45, 2.75) is 18.6 Å². The van der Waals surface area contributed by atoms with Gasteiger partial charge in [0, 0.05) is 5.69 Å². The van der Waals surface area contributed by atoms with Crippen molar-refractivity contribution < 1.29 is 37.0 Å². The van der Waals surface area contributed by atoms with Crippen LogP contribution in [-0.2, 0) is 25.3 Å². The van der Waals surface area contributed by atoms with Gasteiger partial charge in [0.05, 0.1) is 5.56 Å². The van der Waals surface area contributed by atoms with Gasteiger partial charge in [0.15, 0.2) is 13.2 Å². The molecule has 0 aromatic heterocycles. The summed E-state index contributed by atoms with van der Waals surface area (Å²) in [7, 11) is 0. The molecular formula is C22H23F3N2O5S. The van der Waals surface area contributed by atoms with Crippen LogP contribution in [0.1, 0.15) is 12.0 Å². The number of benzene rings is 2. The molecule has 0 bridgehead atoms. The first-order chi connectivity index (χ1) is 15.7. The third-order valence-corrected chi connectivity index (χ3v) is 4.81.